The summed E-state index contributed by atoms with van der Waals surface area (Å²) in [5, 5.41) is 3.76. The van der Waals surface area contributed by atoms with E-state index in [0.717, 1.165) is 19.6 Å². The third kappa shape index (κ3) is 2.64. The third-order valence-corrected chi connectivity index (χ3v) is 4.09. The maximum atomic E-state index is 11.8. The summed E-state index contributed by atoms with van der Waals surface area (Å²) >= 11 is 1.89. The smallest absolute Gasteiger partial charge is 0.225 e. The van der Waals surface area contributed by atoms with Gasteiger partial charge < -0.3 is 10.2 Å². The van der Waals surface area contributed by atoms with Crippen molar-refractivity contribution in [3.8, 4) is 0 Å². The minimum atomic E-state index is 0.342. The second-order valence-electron chi connectivity index (χ2n) is 3.96. The van der Waals surface area contributed by atoms with Crippen molar-refractivity contribution in [1.29, 1.82) is 0 Å². The van der Waals surface area contributed by atoms with Gasteiger partial charge in [-0.15, -0.1) is 11.8 Å². The van der Waals surface area contributed by atoms with E-state index in [0.29, 0.717) is 17.7 Å². The predicted molar refractivity (Wildman–Crippen MR) is 59.3 cm³/mol. The highest BCUT2D eigenvalue weighted by Crippen LogP contribution is 2.19. The van der Waals surface area contributed by atoms with Crippen LogP contribution in [0.15, 0.2) is 0 Å². The van der Waals surface area contributed by atoms with Crippen molar-refractivity contribution < 1.29 is 4.79 Å². The number of nitrogens with zero attached hydrogens (tertiary/aromatic N) is 1. The van der Waals surface area contributed by atoms with Crippen LogP contribution in [0.5, 0.6) is 0 Å². The lowest BCUT2D eigenvalue weighted by molar-refractivity contribution is -0.130. The molecule has 0 aromatic heterocycles. The summed E-state index contributed by atoms with van der Waals surface area (Å²) in [6.07, 6.45) is 4.30. The average Bonchev–Trinajstić information content (AvgIpc) is 2.72. The number of amides is 1. The molecule has 2 aliphatic rings. The normalized spacial score (nSPS) is 28.0. The van der Waals surface area contributed by atoms with Crippen LogP contribution in [0.3, 0.4) is 0 Å². The molecular weight excluding hydrogens is 196 g/mol. The van der Waals surface area contributed by atoms with E-state index in [2.05, 4.69) is 5.32 Å². The first-order valence-electron chi connectivity index (χ1n) is 5.49. The van der Waals surface area contributed by atoms with Crippen molar-refractivity contribution in [2.24, 2.45) is 0 Å². The molecule has 2 aliphatic heterocycles. The van der Waals surface area contributed by atoms with Crippen LogP contribution in [0.25, 0.3) is 0 Å². The Morgan fingerprint density at radius 2 is 2.14 bits per heavy atom. The van der Waals surface area contributed by atoms with Gasteiger partial charge in [-0.1, -0.05) is 0 Å². The van der Waals surface area contributed by atoms with E-state index in [4.69, 9.17) is 0 Å². The number of carbonyl (C=O) groups is 1. The Bertz CT molecular complexity index is 198. The first-order valence-corrected chi connectivity index (χ1v) is 6.54. The summed E-state index contributed by atoms with van der Waals surface area (Å²) in [5.41, 5.74) is 0. The summed E-state index contributed by atoms with van der Waals surface area (Å²) in [4.78, 5) is 13.8. The van der Waals surface area contributed by atoms with E-state index in [-0.39, 0.29) is 0 Å². The van der Waals surface area contributed by atoms with E-state index in [1.165, 1.54) is 25.0 Å². The Hall–Kier alpha value is -0.220. The third-order valence-electron chi connectivity index (χ3n) is 2.83. The fraction of sp³-hybridized carbons (Fsp3) is 0.900. The Kier molecular flexibility index (Phi) is 3.70. The molecule has 2 saturated heterocycles. The molecule has 0 bridgehead atoms. The van der Waals surface area contributed by atoms with Gasteiger partial charge in [0.05, 0.1) is 11.8 Å². The molecule has 1 N–H and O–H groups in total. The molecule has 2 heterocycles. The molecule has 0 aromatic rings. The van der Waals surface area contributed by atoms with Crippen LogP contribution in [0.4, 0.5) is 0 Å². The molecule has 0 spiro atoms. The van der Waals surface area contributed by atoms with Gasteiger partial charge in [-0.2, -0.15) is 0 Å². The van der Waals surface area contributed by atoms with E-state index in [1.54, 1.807) is 0 Å². The highest BCUT2D eigenvalue weighted by molar-refractivity contribution is 7.99. The predicted octanol–water partition coefficient (Wildman–Crippen LogP) is 1.05. The number of hydrogen-bond acceptors (Lipinski definition) is 3. The lowest BCUT2D eigenvalue weighted by atomic mass is 10.3. The number of likely N-dealkylation sites (tertiary alicyclic amines) is 1. The molecule has 0 aromatic carbocycles. The summed E-state index contributed by atoms with van der Waals surface area (Å²) in [6, 6.07) is 0. The standard InChI is InChI=1S/C10H18N2OS/c13-10(12-5-1-2-6-12)8-9-11-4-3-7-14-9/h9,11H,1-8H2. The van der Waals surface area contributed by atoms with Crippen molar-refractivity contribution in [2.45, 2.75) is 31.1 Å². The van der Waals surface area contributed by atoms with Crippen molar-refractivity contribution in [2.75, 3.05) is 25.4 Å². The van der Waals surface area contributed by atoms with Crippen LogP contribution >= 0.6 is 11.8 Å². The van der Waals surface area contributed by atoms with Crippen LogP contribution in [0.2, 0.25) is 0 Å². The quantitative estimate of drug-likeness (QED) is 0.746. The molecule has 4 heteroatoms. The number of carbonyl (C=O) groups excluding carboxylic acids is 1. The van der Waals surface area contributed by atoms with Gasteiger partial charge in [0.1, 0.15) is 0 Å². The first kappa shape index (κ1) is 10.3. The molecule has 1 unspecified atom stereocenters. The number of thioether (sulfide) groups is 1. The molecular formula is C10H18N2OS. The van der Waals surface area contributed by atoms with E-state index < -0.39 is 0 Å². The fourth-order valence-electron chi connectivity index (χ4n) is 2.01. The molecule has 3 nitrogen and oxygen atoms in total. The Labute approximate surface area is 89.6 Å². The molecule has 14 heavy (non-hydrogen) atoms. The van der Waals surface area contributed by atoms with Gasteiger partial charge in [0.15, 0.2) is 0 Å². The Morgan fingerprint density at radius 3 is 2.79 bits per heavy atom. The highest BCUT2D eigenvalue weighted by Gasteiger charge is 2.22. The maximum Gasteiger partial charge on any atom is 0.225 e. The maximum absolute atomic E-state index is 11.8. The minimum absolute atomic E-state index is 0.342. The fourth-order valence-corrected chi connectivity index (χ4v) is 3.10. The van der Waals surface area contributed by atoms with Crippen LogP contribution in [-0.2, 0) is 4.79 Å². The van der Waals surface area contributed by atoms with Gasteiger partial charge in [0, 0.05) is 13.1 Å². The molecule has 2 fully saturated rings. The van der Waals surface area contributed by atoms with E-state index >= 15 is 0 Å². The van der Waals surface area contributed by atoms with E-state index in [9.17, 15) is 4.79 Å². The molecule has 2 rings (SSSR count). The summed E-state index contributed by atoms with van der Waals surface area (Å²) in [5.74, 6) is 1.54. The number of hydrogen-bond donors (Lipinski definition) is 1. The second kappa shape index (κ2) is 5.03. The van der Waals surface area contributed by atoms with Crippen LogP contribution < -0.4 is 5.32 Å². The monoisotopic (exact) mass is 214 g/mol. The van der Waals surface area contributed by atoms with Gasteiger partial charge in [0.2, 0.25) is 5.91 Å². The minimum Gasteiger partial charge on any atom is -0.343 e. The van der Waals surface area contributed by atoms with Gasteiger partial charge in [-0.25, -0.2) is 0 Å². The topological polar surface area (TPSA) is 32.3 Å². The molecule has 1 amide bonds. The zero-order valence-corrected chi connectivity index (χ0v) is 9.31. The van der Waals surface area contributed by atoms with Crippen LogP contribution in [-0.4, -0.2) is 41.6 Å². The van der Waals surface area contributed by atoms with Crippen molar-refractivity contribution in [3.05, 3.63) is 0 Å². The lowest BCUT2D eigenvalue weighted by Crippen LogP contribution is -2.38. The number of nitrogens with one attached hydrogen (secondary N) is 1. The van der Waals surface area contributed by atoms with Gasteiger partial charge in [-0.05, 0) is 31.6 Å². The summed E-state index contributed by atoms with van der Waals surface area (Å²) < 4.78 is 0. The van der Waals surface area contributed by atoms with Crippen LogP contribution in [0.1, 0.15) is 25.7 Å². The molecule has 0 aliphatic carbocycles. The summed E-state index contributed by atoms with van der Waals surface area (Å²) in [7, 11) is 0. The summed E-state index contributed by atoms with van der Waals surface area (Å²) in [6.45, 7) is 3.04. The van der Waals surface area contributed by atoms with Crippen molar-refractivity contribution >= 4 is 17.7 Å². The zero-order chi connectivity index (χ0) is 9.80. The second-order valence-corrected chi connectivity index (χ2v) is 5.27. The van der Waals surface area contributed by atoms with Gasteiger partial charge in [-0.3, -0.25) is 4.79 Å². The molecule has 0 radical (unpaired) electrons. The molecule has 80 valence electrons. The average molecular weight is 214 g/mol. The van der Waals surface area contributed by atoms with E-state index in [1.807, 2.05) is 16.7 Å². The first-order chi connectivity index (χ1) is 6.86. The lowest BCUT2D eigenvalue weighted by Gasteiger charge is -2.24. The van der Waals surface area contributed by atoms with Crippen LogP contribution in [0, 0.1) is 0 Å². The largest absolute Gasteiger partial charge is 0.343 e. The van der Waals surface area contributed by atoms with Gasteiger partial charge in [0.25, 0.3) is 0 Å². The highest BCUT2D eigenvalue weighted by atomic mass is 32.2. The van der Waals surface area contributed by atoms with Crippen molar-refractivity contribution in [1.82, 2.24) is 10.2 Å². The SMILES string of the molecule is O=C(CC1NCCCS1)N1CCCC1. The van der Waals surface area contributed by atoms with Gasteiger partial charge >= 0.3 is 0 Å². The zero-order valence-electron chi connectivity index (χ0n) is 8.50. The van der Waals surface area contributed by atoms with Crippen molar-refractivity contribution in [3.63, 3.8) is 0 Å². The molecule has 0 saturated carbocycles. The number of rotatable bonds is 2. The molecule has 1 atom stereocenters. The Morgan fingerprint density at radius 1 is 1.36 bits per heavy atom. The Balaban J connectivity index is 1.75.